The molecular weight excluding hydrogens is 202 g/mol. The van der Waals surface area contributed by atoms with Crippen molar-refractivity contribution in [3.8, 4) is 11.1 Å². The molecule has 5 heteroatoms. The minimum atomic E-state index is -2.46. The van der Waals surface area contributed by atoms with Gasteiger partial charge in [-0.25, -0.2) is 8.78 Å². The van der Waals surface area contributed by atoms with E-state index in [2.05, 4.69) is 9.68 Å². The van der Waals surface area contributed by atoms with Gasteiger partial charge < -0.3 is 10.3 Å². The zero-order chi connectivity index (χ0) is 10.8. The van der Waals surface area contributed by atoms with Crippen molar-refractivity contribution in [3.63, 3.8) is 0 Å². The Morgan fingerprint density at radius 2 is 1.87 bits per heavy atom. The fourth-order valence-corrected chi connectivity index (χ4v) is 1.27. The summed E-state index contributed by atoms with van der Waals surface area (Å²) in [6.45, 7) is 0. The molecule has 2 aromatic rings. The van der Waals surface area contributed by atoms with Gasteiger partial charge in [0, 0.05) is 5.56 Å². The Balaban J connectivity index is 2.36. The second-order valence-corrected chi connectivity index (χ2v) is 3.03. The molecule has 0 amide bonds. The molecule has 0 aliphatic heterocycles. The first-order valence-corrected chi connectivity index (χ1v) is 4.27. The second-order valence-electron chi connectivity index (χ2n) is 3.03. The Bertz CT molecular complexity index is 451. The zero-order valence-corrected chi connectivity index (χ0v) is 7.65. The van der Waals surface area contributed by atoms with E-state index >= 15 is 0 Å². The number of nitrogens with two attached hydrogens (primary N) is 1. The van der Waals surface area contributed by atoms with Gasteiger partial charge in [-0.3, -0.25) is 0 Å². The van der Waals surface area contributed by atoms with Gasteiger partial charge in [-0.2, -0.15) is 0 Å². The highest BCUT2D eigenvalue weighted by atomic mass is 19.3. The summed E-state index contributed by atoms with van der Waals surface area (Å²) in [7, 11) is 0. The number of anilines is 1. The molecule has 0 aliphatic carbocycles. The van der Waals surface area contributed by atoms with Crippen molar-refractivity contribution in [2.45, 2.75) is 6.43 Å². The highest BCUT2D eigenvalue weighted by molar-refractivity contribution is 5.71. The van der Waals surface area contributed by atoms with Gasteiger partial charge in [-0.1, -0.05) is 29.4 Å². The summed E-state index contributed by atoms with van der Waals surface area (Å²) in [6, 6.07) is 5.83. The third-order valence-corrected chi connectivity index (χ3v) is 2.07. The maximum absolute atomic E-state index is 12.3. The van der Waals surface area contributed by atoms with E-state index in [1.165, 1.54) is 18.3 Å². The summed E-state index contributed by atoms with van der Waals surface area (Å²) in [5, 5.41) is 3.51. The number of hydrogen-bond donors (Lipinski definition) is 1. The molecule has 0 spiro atoms. The van der Waals surface area contributed by atoms with Crippen LogP contribution in [0, 0.1) is 0 Å². The van der Waals surface area contributed by atoms with Crippen molar-refractivity contribution >= 4 is 5.88 Å². The van der Waals surface area contributed by atoms with Crippen molar-refractivity contribution in [2.75, 3.05) is 5.73 Å². The fourth-order valence-electron chi connectivity index (χ4n) is 1.27. The van der Waals surface area contributed by atoms with E-state index in [1.807, 2.05) is 0 Å². The van der Waals surface area contributed by atoms with Crippen molar-refractivity contribution in [2.24, 2.45) is 0 Å². The van der Waals surface area contributed by atoms with Crippen LogP contribution in [0.3, 0.4) is 0 Å². The standard InChI is InChI=1S/C10H8F2N2O/c11-9(12)7-3-1-6(2-4-7)8-5-14-15-10(8)13/h1-5,9H,13H2. The first-order chi connectivity index (χ1) is 7.18. The topological polar surface area (TPSA) is 52.0 Å². The Hall–Kier alpha value is -1.91. The van der Waals surface area contributed by atoms with Gasteiger partial charge in [0.2, 0.25) is 5.88 Å². The largest absolute Gasteiger partial charge is 0.367 e. The molecule has 15 heavy (non-hydrogen) atoms. The van der Waals surface area contributed by atoms with E-state index in [0.29, 0.717) is 11.1 Å². The molecule has 0 saturated carbocycles. The SMILES string of the molecule is Nc1oncc1-c1ccc(C(F)F)cc1. The van der Waals surface area contributed by atoms with Gasteiger partial charge in [-0.15, -0.1) is 0 Å². The van der Waals surface area contributed by atoms with E-state index in [0.717, 1.165) is 0 Å². The molecule has 0 unspecified atom stereocenters. The van der Waals surface area contributed by atoms with Crippen molar-refractivity contribution < 1.29 is 13.3 Å². The average molecular weight is 210 g/mol. The van der Waals surface area contributed by atoms with Crippen LogP contribution >= 0.6 is 0 Å². The molecule has 0 radical (unpaired) electrons. The number of nitrogen functional groups attached to an aromatic ring is 1. The third-order valence-electron chi connectivity index (χ3n) is 2.07. The number of nitrogens with zero attached hydrogens (tertiary/aromatic N) is 1. The Kier molecular flexibility index (Phi) is 2.37. The van der Waals surface area contributed by atoms with Gasteiger partial charge in [0.05, 0.1) is 11.8 Å². The molecule has 3 nitrogen and oxygen atoms in total. The monoisotopic (exact) mass is 210 g/mol. The number of benzene rings is 1. The van der Waals surface area contributed by atoms with Crippen LogP contribution < -0.4 is 5.73 Å². The predicted molar refractivity (Wildman–Crippen MR) is 51.3 cm³/mol. The molecule has 0 saturated heterocycles. The third kappa shape index (κ3) is 1.81. The van der Waals surface area contributed by atoms with Crippen LogP contribution in [0.5, 0.6) is 0 Å². The molecule has 1 aromatic heterocycles. The maximum Gasteiger partial charge on any atom is 0.263 e. The highest BCUT2D eigenvalue weighted by Crippen LogP contribution is 2.27. The lowest BCUT2D eigenvalue weighted by atomic mass is 10.1. The summed E-state index contributed by atoms with van der Waals surface area (Å²) in [4.78, 5) is 0. The fraction of sp³-hybridized carbons (Fsp3) is 0.100. The van der Waals surface area contributed by atoms with Gasteiger partial charge in [0.25, 0.3) is 6.43 Å². The first-order valence-electron chi connectivity index (χ1n) is 4.27. The molecule has 1 aromatic carbocycles. The van der Waals surface area contributed by atoms with Crippen LogP contribution in [-0.4, -0.2) is 5.16 Å². The van der Waals surface area contributed by atoms with Crippen LogP contribution in [-0.2, 0) is 0 Å². The van der Waals surface area contributed by atoms with E-state index in [1.54, 1.807) is 12.1 Å². The lowest BCUT2D eigenvalue weighted by Gasteiger charge is -2.01. The van der Waals surface area contributed by atoms with Crippen LogP contribution in [0.25, 0.3) is 11.1 Å². The maximum atomic E-state index is 12.3. The summed E-state index contributed by atoms with van der Waals surface area (Å²) in [6.07, 6.45) is -1.01. The molecule has 2 N–H and O–H groups in total. The molecule has 0 bridgehead atoms. The van der Waals surface area contributed by atoms with Crippen molar-refractivity contribution in [1.82, 2.24) is 5.16 Å². The lowest BCUT2D eigenvalue weighted by Crippen LogP contribution is -1.86. The summed E-state index contributed by atoms with van der Waals surface area (Å²) < 4.78 is 29.2. The summed E-state index contributed by atoms with van der Waals surface area (Å²) in [5.41, 5.74) is 6.79. The van der Waals surface area contributed by atoms with Crippen LogP contribution in [0.4, 0.5) is 14.7 Å². The van der Waals surface area contributed by atoms with E-state index < -0.39 is 6.43 Å². The minimum Gasteiger partial charge on any atom is -0.367 e. The van der Waals surface area contributed by atoms with Gasteiger partial charge in [-0.05, 0) is 5.56 Å². The number of rotatable bonds is 2. The van der Waals surface area contributed by atoms with Crippen LogP contribution in [0.15, 0.2) is 35.0 Å². The Morgan fingerprint density at radius 3 is 2.33 bits per heavy atom. The van der Waals surface area contributed by atoms with E-state index in [-0.39, 0.29) is 11.4 Å². The summed E-state index contributed by atoms with van der Waals surface area (Å²) >= 11 is 0. The normalized spacial score (nSPS) is 10.9. The second kappa shape index (κ2) is 3.68. The smallest absolute Gasteiger partial charge is 0.263 e. The summed E-state index contributed by atoms with van der Waals surface area (Å²) in [5.74, 6) is 0.180. The number of hydrogen-bond acceptors (Lipinski definition) is 3. The molecule has 0 atom stereocenters. The van der Waals surface area contributed by atoms with E-state index in [4.69, 9.17) is 5.73 Å². The Labute approximate surface area is 84.5 Å². The van der Waals surface area contributed by atoms with Gasteiger partial charge >= 0.3 is 0 Å². The average Bonchev–Trinajstić information content (AvgIpc) is 2.65. The molecule has 0 fully saturated rings. The zero-order valence-electron chi connectivity index (χ0n) is 7.65. The number of alkyl halides is 2. The molecular formula is C10H8F2N2O. The van der Waals surface area contributed by atoms with E-state index in [9.17, 15) is 8.78 Å². The number of aromatic nitrogens is 1. The molecule has 0 aliphatic rings. The van der Waals surface area contributed by atoms with Gasteiger partial charge in [0.1, 0.15) is 0 Å². The van der Waals surface area contributed by atoms with Gasteiger partial charge in [0.15, 0.2) is 0 Å². The minimum absolute atomic E-state index is 0.0197. The molecule has 2 rings (SSSR count). The van der Waals surface area contributed by atoms with Crippen LogP contribution in [0.1, 0.15) is 12.0 Å². The lowest BCUT2D eigenvalue weighted by molar-refractivity contribution is 0.151. The predicted octanol–water partition coefficient (Wildman–Crippen LogP) is 2.86. The highest BCUT2D eigenvalue weighted by Gasteiger charge is 2.09. The van der Waals surface area contributed by atoms with Crippen molar-refractivity contribution in [3.05, 3.63) is 36.0 Å². The van der Waals surface area contributed by atoms with Crippen LogP contribution in [0.2, 0.25) is 0 Å². The molecule has 1 heterocycles. The van der Waals surface area contributed by atoms with Crippen molar-refractivity contribution in [1.29, 1.82) is 0 Å². The first kappa shape index (κ1) is 9.64. The number of halogens is 2. The Morgan fingerprint density at radius 1 is 1.20 bits per heavy atom. The molecule has 78 valence electrons. The quantitative estimate of drug-likeness (QED) is 0.829.